The molecule has 5 rings (SSSR count). The summed E-state index contributed by atoms with van der Waals surface area (Å²) in [5.41, 5.74) is 3.51. The molecule has 1 saturated heterocycles. The molecule has 1 aliphatic heterocycles. The number of aliphatic hydroxyl groups excluding tert-OH is 1. The van der Waals surface area contributed by atoms with Crippen molar-refractivity contribution in [2.75, 3.05) is 50.1 Å². The molecule has 1 aliphatic carbocycles. The Morgan fingerprint density at radius 2 is 1.85 bits per heavy atom. The lowest BCUT2D eigenvalue weighted by Crippen LogP contribution is -2.44. The van der Waals surface area contributed by atoms with E-state index in [-0.39, 0.29) is 24.1 Å². The van der Waals surface area contributed by atoms with Gasteiger partial charge in [-0.15, -0.1) is 0 Å². The summed E-state index contributed by atoms with van der Waals surface area (Å²) >= 11 is 0. The molecular formula is C25H32N6O2. The van der Waals surface area contributed by atoms with Crippen LogP contribution in [0.4, 0.5) is 11.5 Å². The first kappa shape index (κ1) is 21.9. The molecule has 2 N–H and O–H groups in total. The predicted octanol–water partition coefficient (Wildman–Crippen LogP) is 2.32. The maximum atomic E-state index is 12.9. The van der Waals surface area contributed by atoms with Gasteiger partial charge in [-0.3, -0.25) is 4.79 Å². The Bertz CT molecular complexity index is 1180. The molecule has 0 amide bonds. The molecule has 1 aromatic carbocycles. The number of rotatable bonds is 5. The van der Waals surface area contributed by atoms with Crippen molar-refractivity contribution in [1.82, 2.24) is 19.4 Å². The monoisotopic (exact) mass is 448 g/mol. The number of nitrogens with one attached hydrogen (secondary N) is 1. The van der Waals surface area contributed by atoms with Crippen LogP contribution in [-0.2, 0) is 7.05 Å². The second kappa shape index (κ2) is 9.11. The summed E-state index contributed by atoms with van der Waals surface area (Å²) in [7, 11) is 3.86. The number of likely N-dealkylation sites (N-methyl/N-ethyl adjacent to an activating group) is 1. The normalized spacial score (nSPS) is 21.6. The highest BCUT2D eigenvalue weighted by Crippen LogP contribution is 2.31. The van der Waals surface area contributed by atoms with Crippen LogP contribution in [-0.4, -0.2) is 70.4 Å². The van der Waals surface area contributed by atoms with E-state index >= 15 is 0 Å². The Morgan fingerprint density at radius 3 is 2.58 bits per heavy atom. The van der Waals surface area contributed by atoms with Gasteiger partial charge in [-0.25, -0.2) is 9.97 Å². The second-order valence-electron chi connectivity index (χ2n) is 9.37. The maximum Gasteiger partial charge on any atom is 0.264 e. The van der Waals surface area contributed by atoms with Crippen LogP contribution in [0.2, 0.25) is 0 Å². The second-order valence-corrected chi connectivity index (χ2v) is 9.37. The summed E-state index contributed by atoms with van der Waals surface area (Å²) in [6.07, 6.45) is 4.56. The van der Waals surface area contributed by atoms with E-state index < -0.39 is 0 Å². The molecule has 1 saturated carbocycles. The van der Waals surface area contributed by atoms with Crippen molar-refractivity contribution < 1.29 is 5.11 Å². The summed E-state index contributed by atoms with van der Waals surface area (Å²) in [6.45, 7) is 4.33. The van der Waals surface area contributed by atoms with Crippen molar-refractivity contribution in [3.63, 3.8) is 0 Å². The van der Waals surface area contributed by atoms with Crippen molar-refractivity contribution in [3.8, 4) is 11.3 Å². The average Bonchev–Trinajstić information content (AvgIpc) is 3.29. The van der Waals surface area contributed by atoms with Gasteiger partial charge in [-0.1, -0.05) is 18.6 Å². The van der Waals surface area contributed by atoms with Gasteiger partial charge >= 0.3 is 0 Å². The third kappa shape index (κ3) is 4.32. The van der Waals surface area contributed by atoms with Gasteiger partial charge in [0, 0.05) is 63.0 Å². The molecule has 174 valence electrons. The minimum absolute atomic E-state index is 0.102. The summed E-state index contributed by atoms with van der Waals surface area (Å²) in [4.78, 5) is 27.1. The first-order valence-corrected chi connectivity index (χ1v) is 11.8. The highest BCUT2D eigenvalue weighted by molar-refractivity contribution is 5.91. The molecule has 3 aromatic rings. The summed E-state index contributed by atoms with van der Waals surface area (Å²) < 4.78 is 1.48. The van der Waals surface area contributed by atoms with E-state index in [1.54, 1.807) is 13.4 Å². The Hall–Kier alpha value is -2.97. The number of aliphatic hydroxyl groups is 1. The van der Waals surface area contributed by atoms with Crippen molar-refractivity contribution in [2.45, 2.75) is 25.3 Å². The van der Waals surface area contributed by atoms with Crippen molar-refractivity contribution in [2.24, 2.45) is 13.0 Å². The Morgan fingerprint density at radius 1 is 1.09 bits per heavy atom. The number of piperazine rings is 1. The molecule has 0 bridgehead atoms. The molecule has 2 aliphatic rings. The zero-order valence-corrected chi connectivity index (χ0v) is 19.4. The number of fused-ring (bicyclic) bond motifs is 1. The first-order valence-electron chi connectivity index (χ1n) is 11.8. The van der Waals surface area contributed by atoms with E-state index in [0.717, 1.165) is 56.7 Å². The van der Waals surface area contributed by atoms with E-state index in [0.29, 0.717) is 16.7 Å². The van der Waals surface area contributed by atoms with Gasteiger partial charge in [0.05, 0.1) is 17.5 Å². The van der Waals surface area contributed by atoms with Crippen LogP contribution in [0, 0.1) is 5.92 Å². The van der Waals surface area contributed by atoms with E-state index in [1.807, 2.05) is 6.07 Å². The highest BCUT2D eigenvalue weighted by atomic mass is 16.3. The lowest BCUT2D eigenvalue weighted by atomic mass is 10.0. The zero-order chi connectivity index (χ0) is 22.9. The minimum Gasteiger partial charge on any atom is -0.396 e. The fourth-order valence-corrected chi connectivity index (χ4v) is 5.00. The van der Waals surface area contributed by atoms with Gasteiger partial charge in [0.2, 0.25) is 0 Å². The largest absolute Gasteiger partial charge is 0.396 e. The third-order valence-electron chi connectivity index (χ3n) is 7.15. The maximum absolute atomic E-state index is 12.9. The molecule has 8 nitrogen and oxygen atoms in total. The van der Waals surface area contributed by atoms with Crippen LogP contribution in [0.15, 0.2) is 41.5 Å². The molecule has 0 spiro atoms. The van der Waals surface area contributed by atoms with Crippen LogP contribution in [0.1, 0.15) is 19.3 Å². The van der Waals surface area contributed by atoms with Crippen molar-refractivity contribution in [1.29, 1.82) is 0 Å². The number of hydrogen-bond acceptors (Lipinski definition) is 7. The topological polar surface area (TPSA) is 86.5 Å². The molecule has 3 heterocycles. The van der Waals surface area contributed by atoms with Gasteiger partial charge in [0.1, 0.15) is 11.2 Å². The standard InChI is InChI=1S/C25H32N6O2/c1-29-10-12-31(13-11-29)19-8-6-17(7-9-19)21-14-22-23(25(33)30(2)16-26-22)24(28-21)27-20-5-3-4-18(20)15-32/h6-9,14,16,18,20,32H,3-5,10-13,15H2,1-2H3,(H,27,28)/t18-,20-/m1/s1. The SMILES string of the molecule is CN1CCN(c2ccc(-c3cc4ncn(C)c(=O)c4c(N[C@@H]4CCC[C@@H]4CO)n3)cc2)CC1. The van der Waals surface area contributed by atoms with E-state index in [4.69, 9.17) is 4.98 Å². The highest BCUT2D eigenvalue weighted by Gasteiger charge is 2.28. The Labute approximate surface area is 193 Å². The van der Waals surface area contributed by atoms with Gasteiger partial charge in [0.25, 0.3) is 5.56 Å². The van der Waals surface area contributed by atoms with Crippen molar-refractivity contribution >= 4 is 22.4 Å². The number of benzene rings is 1. The van der Waals surface area contributed by atoms with E-state index in [1.165, 1.54) is 10.3 Å². The predicted molar refractivity (Wildman–Crippen MR) is 132 cm³/mol. The van der Waals surface area contributed by atoms with Crippen molar-refractivity contribution in [3.05, 3.63) is 47.0 Å². The van der Waals surface area contributed by atoms with Crippen LogP contribution < -0.4 is 15.8 Å². The number of pyridine rings is 1. The van der Waals surface area contributed by atoms with Gasteiger partial charge in [-0.05, 0) is 38.1 Å². The molecule has 2 atom stereocenters. The Balaban J connectivity index is 1.51. The number of anilines is 2. The number of nitrogens with zero attached hydrogens (tertiary/aromatic N) is 5. The van der Waals surface area contributed by atoms with Crippen LogP contribution in [0.3, 0.4) is 0 Å². The molecule has 0 radical (unpaired) electrons. The van der Waals surface area contributed by atoms with Crippen LogP contribution >= 0.6 is 0 Å². The fourth-order valence-electron chi connectivity index (χ4n) is 5.00. The molecular weight excluding hydrogens is 416 g/mol. The summed E-state index contributed by atoms with van der Waals surface area (Å²) in [5.74, 6) is 0.735. The zero-order valence-electron chi connectivity index (χ0n) is 19.4. The van der Waals surface area contributed by atoms with Gasteiger partial charge in [-0.2, -0.15) is 0 Å². The number of hydrogen-bond donors (Lipinski definition) is 2. The molecule has 2 fully saturated rings. The number of aromatic nitrogens is 3. The van der Waals surface area contributed by atoms with Gasteiger partial charge < -0.3 is 24.8 Å². The van der Waals surface area contributed by atoms with E-state index in [2.05, 4.69) is 51.4 Å². The molecule has 8 heteroatoms. The van der Waals surface area contributed by atoms with Crippen LogP contribution in [0.25, 0.3) is 22.2 Å². The lowest BCUT2D eigenvalue weighted by Gasteiger charge is -2.34. The lowest BCUT2D eigenvalue weighted by molar-refractivity contribution is 0.222. The minimum atomic E-state index is -0.120. The first-order chi connectivity index (χ1) is 16.0. The fraction of sp³-hybridized carbons (Fsp3) is 0.480. The quantitative estimate of drug-likeness (QED) is 0.619. The van der Waals surface area contributed by atoms with Gasteiger partial charge in [0.15, 0.2) is 0 Å². The van der Waals surface area contributed by atoms with Crippen LogP contribution in [0.5, 0.6) is 0 Å². The third-order valence-corrected chi connectivity index (χ3v) is 7.15. The smallest absolute Gasteiger partial charge is 0.264 e. The molecule has 33 heavy (non-hydrogen) atoms. The number of aryl methyl sites for hydroxylation is 1. The molecule has 2 aromatic heterocycles. The Kier molecular flexibility index (Phi) is 6.03. The summed E-state index contributed by atoms with van der Waals surface area (Å²) in [5, 5.41) is 13.8. The van der Waals surface area contributed by atoms with E-state index in [9.17, 15) is 9.90 Å². The summed E-state index contributed by atoms with van der Waals surface area (Å²) in [6, 6.07) is 10.5. The molecule has 0 unspecified atom stereocenters. The average molecular weight is 449 g/mol.